The predicted molar refractivity (Wildman–Crippen MR) is 150 cm³/mol. The molecule has 210 valence electrons. The van der Waals surface area contributed by atoms with E-state index in [4.69, 9.17) is 9.47 Å². The maximum atomic E-state index is 12.0. The minimum Gasteiger partial charge on any atom is -0.462 e. The second kappa shape index (κ2) is 28.0. The van der Waals surface area contributed by atoms with Gasteiger partial charge in [0, 0.05) is 12.8 Å². The first kappa shape index (κ1) is 34.4. The topological polar surface area (TPSA) is 72.8 Å². The van der Waals surface area contributed by atoms with Crippen LogP contribution in [0.3, 0.4) is 0 Å². The van der Waals surface area contributed by atoms with Gasteiger partial charge in [-0.15, -0.1) is 0 Å². The molecule has 0 amide bonds. The SMILES string of the molecule is CCCCC/C=C\C/C=C\CCCCCCCCCCCC(=O)OC(CO)COC(=O)CCCCC. The number of esters is 2. The van der Waals surface area contributed by atoms with Crippen molar-refractivity contribution in [3.8, 4) is 0 Å². The maximum Gasteiger partial charge on any atom is 0.306 e. The van der Waals surface area contributed by atoms with Gasteiger partial charge in [0.1, 0.15) is 6.61 Å². The third-order valence-electron chi connectivity index (χ3n) is 6.25. The summed E-state index contributed by atoms with van der Waals surface area (Å²) in [5.41, 5.74) is 0. The number of aliphatic hydroxyl groups excluding tert-OH is 1. The molecule has 5 nitrogen and oxygen atoms in total. The lowest BCUT2D eigenvalue weighted by Crippen LogP contribution is -2.28. The van der Waals surface area contributed by atoms with Crippen LogP contribution in [0.25, 0.3) is 0 Å². The Morgan fingerprint density at radius 2 is 1.11 bits per heavy atom. The Kier molecular flexibility index (Phi) is 26.7. The zero-order chi connectivity index (χ0) is 26.5. The van der Waals surface area contributed by atoms with E-state index >= 15 is 0 Å². The van der Waals surface area contributed by atoms with Crippen molar-refractivity contribution in [2.24, 2.45) is 0 Å². The van der Waals surface area contributed by atoms with Gasteiger partial charge in [0.25, 0.3) is 0 Å². The molecule has 0 aromatic rings. The third-order valence-corrected chi connectivity index (χ3v) is 6.25. The van der Waals surface area contributed by atoms with Gasteiger partial charge in [0.15, 0.2) is 6.10 Å². The zero-order valence-corrected chi connectivity index (χ0v) is 23.5. The summed E-state index contributed by atoms with van der Waals surface area (Å²) >= 11 is 0. The summed E-state index contributed by atoms with van der Waals surface area (Å²) < 4.78 is 10.3. The van der Waals surface area contributed by atoms with Crippen molar-refractivity contribution in [2.75, 3.05) is 13.2 Å². The highest BCUT2D eigenvalue weighted by Crippen LogP contribution is 2.12. The summed E-state index contributed by atoms with van der Waals surface area (Å²) in [5, 5.41) is 9.36. The van der Waals surface area contributed by atoms with E-state index in [9.17, 15) is 14.7 Å². The van der Waals surface area contributed by atoms with Crippen LogP contribution < -0.4 is 0 Å². The van der Waals surface area contributed by atoms with E-state index in [1.165, 1.54) is 70.6 Å². The van der Waals surface area contributed by atoms with Crippen LogP contribution in [0, 0.1) is 0 Å². The zero-order valence-electron chi connectivity index (χ0n) is 23.5. The predicted octanol–water partition coefficient (Wildman–Crippen LogP) is 8.39. The Balaban J connectivity index is 3.50. The molecule has 0 aliphatic heterocycles. The van der Waals surface area contributed by atoms with Crippen LogP contribution in [-0.2, 0) is 19.1 Å². The molecule has 1 atom stereocenters. The van der Waals surface area contributed by atoms with Gasteiger partial charge in [0.05, 0.1) is 6.61 Å². The molecule has 0 aromatic carbocycles. The fourth-order valence-corrected chi connectivity index (χ4v) is 3.93. The fraction of sp³-hybridized carbons (Fsp3) is 0.806. The summed E-state index contributed by atoms with van der Waals surface area (Å²) in [6.45, 7) is 3.92. The van der Waals surface area contributed by atoms with E-state index in [2.05, 4.69) is 38.2 Å². The quantitative estimate of drug-likeness (QED) is 0.0721. The van der Waals surface area contributed by atoms with Gasteiger partial charge >= 0.3 is 11.9 Å². The van der Waals surface area contributed by atoms with Crippen LogP contribution in [-0.4, -0.2) is 36.4 Å². The monoisotopic (exact) mass is 508 g/mol. The van der Waals surface area contributed by atoms with Gasteiger partial charge in [0.2, 0.25) is 0 Å². The highest BCUT2D eigenvalue weighted by molar-refractivity contribution is 5.70. The first-order valence-corrected chi connectivity index (χ1v) is 14.9. The molecule has 0 fully saturated rings. The smallest absolute Gasteiger partial charge is 0.306 e. The van der Waals surface area contributed by atoms with Crippen LogP contribution in [0.2, 0.25) is 0 Å². The first-order valence-electron chi connectivity index (χ1n) is 14.9. The van der Waals surface area contributed by atoms with Crippen LogP contribution in [0.5, 0.6) is 0 Å². The van der Waals surface area contributed by atoms with Gasteiger partial charge < -0.3 is 14.6 Å². The van der Waals surface area contributed by atoms with Crippen LogP contribution >= 0.6 is 0 Å². The van der Waals surface area contributed by atoms with Crippen LogP contribution in [0.4, 0.5) is 0 Å². The lowest BCUT2D eigenvalue weighted by atomic mass is 10.1. The summed E-state index contributed by atoms with van der Waals surface area (Å²) in [4.78, 5) is 23.6. The van der Waals surface area contributed by atoms with Crippen molar-refractivity contribution in [1.82, 2.24) is 0 Å². The highest BCUT2D eigenvalue weighted by atomic mass is 16.6. The Hall–Kier alpha value is -1.62. The normalized spacial score (nSPS) is 12.4. The van der Waals surface area contributed by atoms with Gasteiger partial charge in [-0.2, -0.15) is 0 Å². The van der Waals surface area contributed by atoms with Crippen LogP contribution in [0.15, 0.2) is 24.3 Å². The maximum absolute atomic E-state index is 12.0. The second-order valence-electron chi connectivity index (χ2n) is 9.83. The molecule has 5 heteroatoms. The number of aliphatic hydroxyl groups is 1. The minimum atomic E-state index is -0.764. The molecule has 0 rings (SSSR count). The number of carbonyl (C=O) groups excluding carboxylic acids is 2. The Morgan fingerprint density at radius 1 is 0.639 bits per heavy atom. The van der Waals surface area contributed by atoms with E-state index in [0.29, 0.717) is 12.8 Å². The molecule has 0 aliphatic rings. The van der Waals surface area contributed by atoms with Crippen molar-refractivity contribution >= 4 is 11.9 Å². The van der Waals surface area contributed by atoms with Crippen LogP contribution in [0.1, 0.15) is 142 Å². The van der Waals surface area contributed by atoms with Gasteiger partial charge in [-0.1, -0.05) is 109 Å². The van der Waals surface area contributed by atoms with Gasteiger partial charge in [-0.25, -0.2) is 0 Å². The molecule has 0 aliphatic carbocycles. The number of hydrogen-bond acceptors (Lipinski definition) is 5. The van der Waals surface area contributed by atoms with Crippen molar-refractivity contribution in [2.45, 2.75) is 148 Å². The van der Waals surface area contributed by atoms with Crippen molar-refractivity contribution in [3.05, 3.63) is 24.3 Å². The second-order valence-corrected chi connectivity index (χ2v) is 9.83. The van der Waals surface area contributed by atoms with Crippen molar-refractivity contribution < 1.29 is 24.2 Å². The molecular weight excluding hydrogens is 452 g/mol. The van der Waals surface area contributed by atoms with E-state index in [1.54, 1.807) is 0 Å². The molecule has 1 N–H and O–H groups in total. The number of hydrogen-bond donors (Lipinski definition) is 1. The van der Waals surface area contributed by atoms with E-state index in [0.717, 1.165) is 44.9 Å². The standard InChI is InChI=1S/C31H56O5/c1-3-5-7-8-9-10-11-12-13-14-15-16-17-18-19-20-21-22-24-26-31(34)36-29(27-32)28-35-30(33)25-23-6-4-2/h9-10,12-13,29,32H,3-8,11,14-28H2,1-2H3/b10-9-,13-12-. The lowest BCUT2D eigenvalue weighted by Gasteiger charge is -2.15. The largest absolute Gasteiger partial charge is 0.462 e. The Labute approximate surface area is 222 Å². The molecule has 0 spiro atoms. The van der Waals surface area contributed by atoms with Crippen molar-refractivity contribution in [3.63, 3.8) is 0 Å². The average molecular weight is 509 g/mol. The van der Waals surface area contributed by atoms with Crippen molar-refractivity contribution in [1.29, 1.82) is 0 Å². The fourth-order valence-electron chi connectivity index (χ4n) is 3.93. The Bertz CT molecular complexity index is 555. The number of carbonyl (C=O) groups is 2. The van der Waals surface area contributed by atoms with Gasteiger partial charge in [-0.3, -0.25) is 9.59 Å². The molecule has 0 bridgehead atoms. The molecule has 0 aromatic heterocycles. The lowest BCUT2D eigenvalue weighted by molar-refractivity contribution is -0.161. The summed E-state index contributed by atoms with van der Waals surface area (Å²) in [7, 11) is 0. The number of allylic oxidation sites excluding steroid dienone is 4. The van der Waals surface area contributed by atoms with Gasteiger partial charge in [-0.05, 0) is 44.9 Å². The molecule has 0 saturated carbocycles. The summed E-state index contributed by atoms with van der Waals surface area (Å²) in [6.07, 6.45) is 30.1. The van der Waals surface area contributed by atoms with E-state index in [-0.39, 0.29) is 25.2 Å². The Morgan fingerprint density at radius 3 is 1.69 bits per heavy atom. The average Bonchev–Trinajstić information content (AvgIpc) is 2.88. The van der Waals surface area contributed by atoms with E-state index in [1.807, 2.05) is 0 Å². The number of unbranched alkanes of at least 4 members (excludes halogenated alkanes) is 14. The molecule has 36 heavy (non-hydrogen) atoms. The molecule has 1 unspecified atom stereocenters. The molecule has 0 radical (unpaired) electrons. The molecule has 0 heterocycles. The highest BCUT2D eigenvalue weighted by Gasteiger charge is 2.15. The first-order chi connectivity index (χ1) is 17.6. The summed E-state index contributed by atoms with van der Waals surface area (Å²) in [6, 6.07) is 0. The number of rotatable bonds is 26. The molecule has 0 saturated heterocycles. The third kappa shape index (κ3) is 25.5. The summed E-state index contributed by atoms with van der Waals surface area (Å²) in [5.74, 6) is -0.626. The minimum absolute atomic E-state index is 0.0694. The number of ether oxygens (including phenoxy) is 2. The molecular formula is C31H56O5. The van der Waals surface area contributed by atoms with E-state index < -0.39 is 6.10 Å².